The van der Waals surface area contributed by atoms with Crippen LogP contribution in [-0.2, 0) is 14.3 Å². The van der Waals surface area contributed by atoms with Crippen LogP contribution in [0.25, 0.3) is 0 Å². The molecule has 0 radical (unpaired) electrons. The molecule has 3 atom stereocenters. The van der Waals surface area contributed by atoms with Gasteiger partial charge in [0.2, 0.25) is 6.17 Å². The number of hydrogen-bond acceptors (Lipinski definition) is 6. The second-order valence-electron chi connectivity index (χ2n) is 7.82. The first-order chi connectivity index (χ1) is 13.7. The summed E-state index contributed by atoms with van der Waals surface area (Å²) in [5, 5.41) is 4.17. The van der Waals surface area contributed by atoms with Crippen molar-refractivity contribution in [1.82, 2.24) is 4.90 Å². The molecule has 3 fully saturated rings. The first kappa shape index (κ1) is 16.1. The number of carbonyl (C=O) groups excluding carboxylic acids is 1. The molecule has 5 aliphatic rings. The third kappa shape index (κ3) is 2.24. The average Bonchev–Trinajstić information content (AvgIpc) is 3.38. The molecule has 8 nitrogen and oxygen atoms in total. The van der Waals surface area contributed by atoms with Crippen molar-refractivity contribution in [3.8, 4) is 0 Å². The zero-order chi connectivity index (χ0) is 18.7. The Labute approximate surface area is 161 Å². The van der Waals surface area contributed by atoms with E-state index >= 15 is 0 Å². The van der Waals surface area contributed by atoms with Gasteiger partial charge in [-0.15, -0.1) is 0 Å². The van der Waals surface area contributed by atoms with E-state index in [9.17, 15) is 4.79 Å². The summed E-state index contributed by atoms with van der Waals surface area (Å²) in [5.41, 5.74) is 0.433. The number of carbonyl (C=O) groups is 1. The van der Waals surface area contributed by atoms with Gasteiger partial charge < -0.3 is 14.4 Å². The van der Waals surface area contributed by atoms with Crippen LogP contribution in [-0.4, -0.2) is 52.0 Å². The van der Waals surface area contributed by atoms with Crippen molar-refractivity contribution in [3.05, 3.63) is 48.2 Å². The van der Waals surface area contributed by atoms with Gasteiger partial charge in [-0.05, 0) is 23.4 Å². The van der Waals surface area contributed by atoms with E-state index in [0.29, 0.717) is 18.9 Å². The Morgan fingerprint density at radius 1 is 1.21 bits per heavy atom. The number of rotatable bonds is 2. The van der Waals surface area contributed by atoms with Crippen LogP contribution in [0.15, 0.2) is 57.7 Å². The molecule has 1 unspecified atom stereocenters. The van der Waals surface area contributed by atoms with Crippen LogP contribution in [0.2, 0.25) is 0 Å². The van der Waals surface area contributed by atoms with E-state index in [-0.39, 0.29) is 30.4 Å². The molecule has 1 aromatic rings. The smallest absolute Gasteiger partial charge is 0.423 e. The van der Waals surface area contributed by atoms with Crippen molar-refractivity contribution in [2.45, 2.75) is 55.8 Å². The normalized spacial score (nSPS) is 37.6. The topological polar surface area (TPSA) is 78.9 Å². The molecule has 0 aromatic heterocycles. The molecule has 4 heterocycles. The Morgan fingerprint density at radius 2 is 2.07 bits per heavy atom. The van der Waals surface area contributed by atoms with E-state index in [0.717, 1.165) is 12.8 Å². The summed E-state index contributed by atoms with van der Waals surface area (Å²) in [4.78, 5) is 23.7. The number of amidine groups is 1. The highest BCUT2D eigenvalue weighted by Gasteiger charge is 2.64. The predicted octanol–water partition coefficient (Wildman–Crippen LogP) is 2.34. The van der Waals surface area contributed by atoms with Crippen LogP contribution < -0.4 is 0 Å². The van der Waals surface area contributed by atoms with E-state index in [4.69, 9.17) is 9.47 Å². The van der Waals surface area contributed by atoms with Crippen molar-refractivity contribution in [2.24, 2.45) is 15.1 Å². The van der Waals surface area contributed by atoms with Gasteiger partial charge in [-0.1, -0.05) is 40.1 Å². The number of benzene rings is 1. The van der Waals surface area contributed by atoms with Crippen LogP contribution >= 0.6 is 0 Å². The number of fused-ring (bicyclic) bond motifs is 2. The minimum atomic E-state index is -0.744. The number of hydrogen-bond donors (Lipinski definition) is 0. The molecule has 28 heavy (non-hydrogen) atoms. The van der Waals surface area contributed by atoms with Gasteiger partial charge >= 0.3 is 6.02 Å². The highest BCUT2D eigenvalue weighted by molar-refractivity contribution is 5.89. The average molecular weight is 378 g/mol. The second kappa shape index (κ2) is 5.81. The van der Waals surface area contributed by atoms with Gasteiger partial charge in [0.1, 0.15) is 18.5 Å². The van der Waals surface area contributed by atoms with Crippen LogP contribution in [0.4, 0.5) is 0 Å². The molecule has 142 valence electrons. The summed E-state index contributed by atoms with van der Waals surface area (Å²) in [7, 11) is 0. The fourth-order valence-corrected chi connectivity index (χ4v) is 4.80. The van der Waals surface area contributed by atoms with Crippen LogP contribution in [0.1, 0.15) is 37.3 Å². The monoisotopic (exact) mass is 378 g/mol. The fourth-order valence-electron chi connectivity index (χ4n) is 4.80. The predicted molar refractivity (Wildman–Crippen MR) is 98.5 cm³/mol. The highest BCUT2D eigenvalue weighted by Crippen LogP contribution is 2.51. The van der Waals surface area contributed by atoms with E-state index in [1.165, 1.54) is 11.9 Å². The maximum absolute atomic E-state index is 13.3. The lowest BCUT2D eigenvalue weighted by Gasteiger charge is -2.41. The Morgan fingerprint density at radius 3 is 2.93 bits per heavy atom. The SMILES string of the molecule is O=C1N2[C@@H](CC[C@H]2c2ccccc2)OC12CC(OC1=NC=CC3N=CN=[N+]13)C2. The van der Waals surface area contributed by atoms with E-state index < -0.39 is 5.60 Å². The summed E-state index contributed by atoms with van der Waals surface area (Å²) in [6, 6.07) is 10.7. The fraction of sp³-hybridized carbons (Fsp3) is 0.450. The zero-order valence-electron chi connectivity index (χ0n) is 15.2. The minimum absolute atomic E-state index is 0.0984. The lowest BCUT2D eigenvalue weighted by Crippen LogP contribution is -2.56. The molecule has 2 saturated heterocycles. The molecule has 1 amide bonds. The third-order valence-electron chi connectivity index (χ3n) is 6.18. The molecule has 6 rings (SSSR count). The zero-order valence-corrected chi connectivity index (χ0v) is 15.2. The van der Waals surface area contributed by atoms with Crippen LogP contribution in [0.3, 0.4) is 0 Å². The molecule has 4 aliphatic heterocycles. The van der Waals surface area contributed by atoms with E-state index in [1.54, 1.807) is 10.9 Å². The molecule has 8 heteroatoms. The van der Waals surface area contributed by atoms with Gasteiger partial charge in [-0.25, -0.2) is 4.99 Å². The lowest BCUT2D eigenvalue weighted by molar-refractivity contribution is -0.515. The van der Waals surface area contributed by atoms with Crippen molar-refractivity contribution in [1.29, 1.82) is 0 Å². The molecule has 1 aliphatic carbocycles. The van der Waals surface area contributed by atoms with Gasteiger partial charge in [-0.3, -0.25) is 4.79 Å². The Kier molecular flexibility index (Phi) is 3.35. The molecule has 1 saturated carbocycles. The molecular weight excluding hydrogens is 358 g/mol. The van der Waals surface area contributed by atoms with Crippen molar-refractivity contribution < 1.29 is 19.0 Å². The Bertz CT molecular complexity index is 948. The highest BCUT2D eigenvalue weighted by atomic mass is 16.6. The number of amides is 1. The lowest BCUT2D eigenvalue weighted by atomic mass is 9.76. The van der Waals surface area contributed by atoms with Gasteiger partial charge in [0, 0.05) is 18.9 Å². The number of ether oxygens (including phenoxy) is 2. The van der Waals surface area contributed by atoms with Crippen LogP contribution in [0.5, 0.6) is 0 Å². The maximum Gasteiger partial charge on any atom is 0.522 e. The summed E-state index contributed by atoms with van der Waals surface area (Å²) in [6.07, 6.45) is 7.53. The summed E-state index contributed by atoms with van der Waals surface area (Å²) in [6.45, 7) is 0. The number of nitrogens with zero attached hydrogens (tertiary/aromatic N) is 5. The van der Waals surface area contributed by atoms with Gasteiger partial charge in [-0.2, -0.15) is 0 Å². The number of aliphatic imine (C=N–C) groups is 2. The van der Waals surface area contributed by atoms with Crippen molar-refractivity contribution in [2.75, 3.05) is 0 Å². The third-order valence-corrected chi connectivity index (χ3v) is 6.18. The summed E-state index contributed by atoms with van der Waals surface area (Å²) in [5.74, 6) is 0.0984. The Hall–Kier alpha value is -2.87. The Balaban J connectivity index is 1.16. The first-order valence-electron chi connectivity index (χ1n) is 9.72. The minimum Gasteiger partial charge on any atom is -0.423 e. The van der Waals surface area contributed by atoms with Gasteiger partial charge in [0.25, 0.3) is 5.91 Å². The van der Waals surface area contributed by atoms with Gasteiger partial charge in [0.15, 0.2) is 11.9 Å². The van der Waals surface area contributed by atoms with Crippen molar-refractivity contribution >= 4 is 18.3 Å². The van der Waals surface area contributed by atoms with Crippen molar-refractivity contribution in [3.63, 3.8) is 0 Å². The molecule has 1 spiro atoms. The molecule has 0 N–H and O–H groups in total. The largest absolute Gasteiger partial charge is 0.522 e. The molecular formula is C20H20N5O3+. The summed E-state index contributed by atoms with van der Waals surface area (Å²) < 4.78 is 13.9. The van der Waals surface area contributed by atoms with Gasteiger partial charge in [0.05, 0.1) is 6.04 Å². The maximum atomic E-state index is 13.3. The summed E-state index contributed by atoms with van der Waals surface area (Å²) >= 11 is 0. The van der Waals surface area contributed by atoms with E-state index in [1.807, 2.05) is 29.2 Å². The molecule has 0 bridgehead atoms. The standard InChI is InChI=1S/C20H20N5O3/c26-18-20(28-17-7-6-15(24(17)18)13-4-2-1-3-5-13)10-14(11-20)27-19-21-9-8-16-22-12-23-25(16)19/h1-5,8-9,12,14-17H,6-7,10-11H2/q+1/t14?,15-,16?,17+,20?/m0/s1. The molecule has 1 aromatic carbocycles. The van der Waals surface area contributed by atoms with Crippen LogP contribution in [0, 0.1) is 0 Å². The number of azo groups is 2. The quantitative estimate of drug-likeness (QED) is 0.741. The second-order valence-corrected chi connectivity index (χ2v) is 7.82. The van der Waals surface area contributed by atoms with E-state index in [2.05, 4.69) is 27.2 Å². The first-order valence-corrected chi connectivity index (χ1v) is 9.72.